The van der Waals surface area contributed by atoms with Crippen LogP contribution in [0.1, 0.15) is 12.8 Å². The van der Waals surface area contributed by atoms with Crippen LogP contribution in [0.2, 0.25) is 0 Å². The van der Waals surface area contributed by atoms with Crippen molar-refractivity contribution in [3.8, 4) is 0 Å². The molecule has 13 heavy (non-hydrogen) atoms. The van der Waals surface area contributed by atoms with Crippen molar-refractivity contribution in [2.24, 2.45) is 0 Å². The highest BCUT2D eigenvalue weighted by molar-refractivity contribution is 5.90. The third kappa shape index (κ3) is 1.29. The summed E-state index contributed by atoms with van der Waals surface area (Å²) in [5, 5.41) is 1.42. The lowest BCUT2D eigenvalue weighted by Gasteiger charge is -2.21. The average molecular weight is 183 g/mol. The predicted octanol–water partition coefficient (Wildman–Crippen LogP) is -1.05. The maximum absolute atomic E-state index is 11.6. The summed E-state index contributed by atoms with van der Waals surface area (Å²) in [6.45, 7) is 0.962. The van der Waals surface area contributed by atoms with Gasteiger partial charge in [0.2, 0.25) is 5.91 Å². The Morgan fingerprint density at radius 3 is 3.00 bits per heavy atom. The summed E-state index contributed by atoms with van der Waals surface area (Å²) in [4.78, 5) is 24.8. The molecule has 2 heterocycles. The number of nitrogens with one attached hydrogen (secondary N) is 1. The van der Waals surface area contributed by atoms with Crippen molar-refractivity contribution in [3.05, 3.63) is 0 Å². The second-order valence-electron chi connectivity index (χ2n) is 3.48. The van der Waals surface area contributed by atoms with Gasteiger partial charge in [-0.05, 0) is 12.8 Å². The molecule has 2 rings (SSSR count). The molecule has 5 heteroatoms. The molecule has 0 bridgehead atoms. The molecule has 1 N–H and O–H groups in total. The van der Waals surface area contributed by atoms with E-state index in [0.717, 1.165) is 19.4 Å². The fourth-order valence-corrected chi connectivity index (χ4v) is 1.91. The normalized spacial score (nSPS) is 29.2. The molecule has 2 amide bonds. The van der Waals surface area contributed by atoms with Crippen LogP contribution in [-0.2, 0) is 9.59 Å². The minimum absolute atomic E-state index is 0.00310. The highest BCUT2D eigenvalue weighted by atomic mass is 16.2. The molecule has 2 saturated heterocycles. The third-order valence-electron chi connectivity index (χ3n) is 2.66. The van der Waals surface area contributed by atoms with E-state index in [-0.39, 0.29) is 24.4 Å². The quantitative estimate of drug-likeness (QED) is 0.521. The molecular formula is C8H13N3O2. The second kappa shape index (κ2) is 2.99. The Hall–Kier alpha value is -1.10. The van der Waals surface area contributed by atoms with Crippen LogP contribution >= 0.6 is 0 Å². The van der Waals surface area contributed by atoms with Crippen molar-refractivity contribution in [3.63, 3.8) is 0 Å². The average Bonchev–Trinajstić information content (AvgIpc) is 2.57. The monoisotopic (exact) mass is 183 g/mol. The van der Waals surface area contributed by atoms with Gasteiger partial charge in [0, 0.05) is 13.6 Å². The number of nitrogens with zero attached hydrogens (tertiary/aromatic N) is 2. The van der Waals surface area contributed by atoms with Crippen LogP contribution < -0.4 is 5.43 Å². The van der Waals surface area contributed by atoms with E-state index in [1.165, 1.54) is 5.01 Å². The molecule has 72 valence electrons. The van der Waals surface area contributed by atoms with Crippen molar-refractivity contribution in [1.29, 1.82) is 0 Å². The van der Waals surface area contributed by atoms with Gasteiger partial charge in [-0.3, -0.25) is 14.6 Å². The number of rotatable bonds is 0. The van der Waals surface area contributed by atoms with Gasteiger partial charge in [0.05, 0.1) is 6.54 Å². The Kier molecular flexibility index (Phi) is 1.95. The Bertz CT molecular complexity index is 254. The number of carbonyl (C=O) groups excluding carboxylic acids is 2. The summed E-state index contributed by atoms with van der Waals surface area (Å²) in [7, 11) is 1.66. The molecule has 0 aliphatic carbocycles. The molecule has 5 nitrogen and oxygen atoms in total. The van der Waals surface area contributed by atoms with E-state index >= 15 is 0 Å². The Balaban J connectivity index is 2.24. The number of hydrazine groups is 1. The molecule has 0 aromatic rings. The van der Waals surface area contributed by atoms with Crippen molar-refractivity contribution in [1.82, 2.24) is 15.3 Å². The zero-order valence-electron chi connectivity index (χ0n) is 7.62. The molecule has 0 unspecified atom stereocenters. The van der Waals surface area contributed by atoms with Crippen LogP contribution in [0.4, 0.5) is 0 Å². The number of carbonyl (C=O) groups is 2. The Morgan fingerprint density at radius 1 is 1.46 bits per heavy atom. The molecule has 0 aromatic carbocycles. The summed E-state index contributed by atoms with van der Waals surface area (Å²) in [5.41, 5.74) is 2.77. The number of fused-ring (bicyclic) bond motifs is 1. The smallest absolute Gasteiger partial charge is 0.259 e. The minimum atomic E-state index is -0.215. The first-order valence-corrected chi connectivity index (χ1v) is 4.50. The van der Waals surface area contributed by atoms with E-state index in [9.17, 15) is 9.59 Å². The summed E-state index contributed by atoms with van der Waals surface area (Å²) in [5.74, 6) is 0.0311. The van der Waals surface area contributed by atoms with Crippen LogP contribution in [-0.4, -0.2) is 47.9 Å². The lowest BCUT2D eigenvalue weighted by Crippen LogP contribution is -2.44. The Morgan fingerprint density at radius 2 is 2.23 bits per heavy atom. The maximum atomic E-state index is 11.6. The van der Waals surface area contributed by atoms with E-state index in [4.69, 9.17) is 0 Å². The molecule has 1 atom stereocenters. The lowest BCUT2D eigenvalue weighted by atomic mass is 10.2. The van der Waals surface area contributed by atoms with Crippen molar-refractivity contribution in [2.75, 3.05) is 20.1 Å². The zero-order valence-corrected chi connectivity index (χ0v) is 7.62. The Labute approximate surface area is 76.6 Å². The summed E-state index contributed by atoms with van der Waals surface area (Å²) >= 11 is 0. The molecule has 2 aliphatic heterocycles. The van der Waals surface area contributed by atoms with Gasteiger partial charge in [0.15, 0.2) is 0 Å². The van der Waals surface area contributed by atoms with Crippen LogP contribution in [0.25, 0.3) is 0 Å². The van der Waals surface area contributed by atoms with E-state index in [2.05, 4.69) is 5.43 Å². The minimum Gasteiger partial charge on any atom is -0.329 e. The fraction of sp³-hybridized carbons (Fsp3) is 0.750. The number of amides is 2. The van der Waals surface area contributed by atoms with Gasteiger partial charge in [-0.15, -0.1) is 0 Å². The van der Waals surface area contributed by atoms with E-state index in [1.54, 1.807) is 11.9 Å². The van der Waals surface area contributed by atoms with Gasteiger partial charge in [0.25, 0.3) is 5.91 Å². The number of likely N-dealkylation sites (N-methyl/N-ethyl adjacent to an activating group) is 1. The maximum Gasteiger partial charge on any atom is 0.259 e. The molecule has 0 aromatic heterocycles. The van der Waals surface area contributed by atoms with E-state index in [0.29, 0.717) is 0 Å². The van der Waals surface area contributed by atoms with Crippen molar-refractivity contribution in [2.45, 2.75) is 18.9 Å². The van der Waals surface area contributed by atoms with E-state index in [1.807, 2.05) is 0 Å². The van der Waals surface area contributed by atoms with Gasteiger partial charge >= 0.3 is 0 Å². The first-order chi connectivity index (χ1) is 6.20. The van der Waals surface area contributed by atoms with Crippen LogP contribution in [0.3, 0.4) is 0 Å². The van der Waals surface area contributed by atoms with Gasteiger partial charge in [0.1, 0.15) is 6.04 Å². The topological polar surface area (TPSA) is 52.7 Å². The van der Waals surface area contributed by atoms with Gasteiger partial charge in [-0.25, -0.2) is 5.43 Å². The third-order valence-corrected chi connectivity index (χ3v) is 2.66. The van der Waals surface area contributed by atoms with Crippen LogP contribution in [0, 0.1) is 0 Å². The largest absolute Gasteiger partial charge is 0.329 e. The first-order valence-electron chi connectivity index (χ1n) is 4.50. The second-order valence-corrected chi connectivity index (χ2v) is 3.48. The van der Waals surface area contributed by atoms with Gasteiger partial charge in [-0.1, -0.05) is 0 Å². The zero-order chi connectivity index (χ0) is 9.42. The van der Waals surface area contributed by atoms with Crippen LogP contribution in [0.15, 0.2) is 0 Å². The number of hydrogen-bond donors (Lipinski definition) is 1. The molecule has 0 saturated carbocycles. The fourth-order valence-electron chi connectivity index (χ4n) is 1.91. The molecule has 2 fully saturated rings. The number of hydrogen-bond acceptors (Lipinski definition) is 3. The summed E-state index contributed by atoms with van der Waals surface area (Å²) in [6.07, 6.45) is 1.74. The summed E-state index contributed by atoms with van der Waals surface area (Å²) in [6, 6.07) is -0.215. The lowest BCUT2D eigenvalue weighted by molar-refractivity contribution is -0.139. The van der Waals surface area contributed by atoms with Gasteiger partial charge < -0.3 is 4.90 Å². The predicted molar refractivity (Wildman–Crippen MR) is 45.5 cm³/mol. The molecule has 0 spiro atoms. The summed E-state index contributed by atoms with van der Waals surface area (Å²) < 4.78 is 0. The molecule has 0 radical (unpaired) electrons. The van der Waals surface area contributed by atoms with Gasteiger partial charge in [-0.2, -0.15) is 0 Å². The highest BCUT2D eigenvalue weighted by Crippen LogP contribution is 2.19. The van der Waals surface area contributed by atoms with Crippen molar-refractivity contribution >= 4 is 11.8 Å². The van der Waals surface area contributed by atoms with E-state index < -0.39 is 0 Å². The molecular weight excluding hydrogens is 170 g/mol. The standard InChI is InChI=1S/C8H13N3O2/c1-10-8(13)6-3-2-4-11(6)7(12)5-9-10/h6,9H,2-5H2,1H3/t6-/m0/s1. The van der Waals surface area contributed by atoms with Crippen LogP contribution in [0.5, 0.6) is 0 Å². The SMILES string of the molecule is CN1NCC(=O)N2CCC[C@H]2C1=O. The first kappa shape index (κ1) is 8.50. The van der Waals surface area contributed by atoms with Crippen molar-refractivity contribution < 1.29 is 9.59 Å². The molecule has 2 aliphatic rings. The highest BCUT2D eigenvalue weighted by Gasteiger charge is 2.37.